The van der Waals surface area contributed by atoms with Gasteiger partial charge in [-0.15, -0.1) is 0 Å². The first-order chi connectivity index (χ1) is 51.5. The second-order valence-electron chi connectivity index (χ2n) is 24.8. The molecule has 18 N–H and O–H groups in total. The van der Waals surface area contributed by atoms with Crippen molar-refractivity contribution >= 4 is 41.4 Å². The summed E-state index contributed by atoms with van der Waals surface area (Å²) >= 11 is 0. The Morgan fingerprint density at radius 1 is 0.383 bits per heavy atom. The summed E-state index contributed by atoms with van der Waals surface area (Å²) in [4.78, 5) is 87.4. The summed E-state index contributed by atoms with van der Waals surface area (Å²) in [5.41, 5.74) is 0.513. The highest BCUT2D eigenvalue weighted by molar-refractivity contribution is 5.89. The van der Waals surface area contributed by atoms with Crippen LogP contribution in [-0.2, 0) is 109 Å². The normalized spacial score (nSPS) is 24.9. The number of carboxylic acid groups (broad SMARTS) is 1. The van der Waals surface area contributed by atoms with Gasteiger partial charge in [-0.2, -0.15) is 0 Å². The maximum Gasteiger partial charge on any atom is 0.305 e. The van der Waals surface area contributed by atoms with E-state index in [9.17, 15) is 79.5 Å². The maximum absolute atomic E-state index is 14.1. The number of aliphatic hydroxyl groups excluding tert-OH is 9. The minimum atomic E-state index is -1.45. The Hall–Kier alpha value is -5.21. The summed E-state index contributed by atoms with van der Waals surface area (Å²) in [5, 5.41) is 122. The van der Waals surface area contributed by atoms with Gasteiger partial charge in [-0.05, 0) is 45.4 Å². The van der Waals surface area contributed by atoms with E-state index >= 15 is 0 Å². The van der Waals surface area contributed by atoms with Gasteiger partial charge in [-0.1, -0.05) is 6.58 Å². The maximum atomic E-state index is 14.1. The molecule has 0 radical (unpaired) electrons. The standard InChI is InChI=1S/C66H120N8O33/c1-42(2)71-53-59(87)56(84)47(37-75)105-64(53)102-34-31-98-25-22-95-28-30-101-41-51(81)69-13-8-6-10-46(62(90)70-15-18-92-16-11-52(82)83)74-63(91)45(67-14-17-93-19-20-94-21-24-97-32-35-103-65-54(72-43(3)78)60(88)57(85)48(38-76)106-65)9-5-7-12-68-50(80)40-100-29-27-96-23-26-99-33-36-104-66-55(73-44(4)79)61(89)58(86)49(39-77)107-66/h45-49,53-61,64-67,71,75-77,84-89H,1,5-41H2,2-4H3,(H,68,80)(H,69,81)(H,70,90)(H,72,78)(H,73,79)(H,74,91)(H,82,83)/t45-,46-,47+,48+,49+,53+,54+,55+,56-,57-,58-,59+,60+,61+,64+,65+,66+/m0/s1. The van der Waals surface area contributed by atoms with Crippen LogP contribution in [0.1, 0.15) is 65.7 Å². The second-order valence-corrected chi connectivity index (χ2v) is 24.8. The van der Waals surface area contributed by atoms with Crippen molar-refractivity contribution in [3.8, 4) is 0 Å². The molecule has 3 aliphatic heterocycles. The van der Waals surface area contributed by atoms with Gasteiger partial charge < -0.3 is 169 Å². The molecule has 0 bridgehead atoms. The van der Waals surface area contributed by atoms with Gasteiger partial charge >= 0.3 is 5.97 Å². The number of aliphatic carboxylic acids is 1. The minimum absolute atomic E-state index is 0.00508. The number of nitrogens with one attached hydrogen (secondary N) is 8. The average Bonchev–Trinajstić information content (AvgIpc) is 0.823. The quantitative estimate of drug-likeness (QED) is 0.0252. The lowest BCUT2D eigenvalue weighted by Gasteiger charge is -2.42. The summed E-state index contributed by atoms with van der Waals surface area (Å²) in [6, 6.07) is -4.90. The Balaban J connectivity index is 1.43. The molecule has 6 amide bonds. The van der Waals surface area contributed by atoms with Crippen molar-refractivity contribution in [2.24, 2.45) is 0 Å². The van der Waals surface area contributed by atoms with Gasteiger partial charge in [-0.25, -0.2) is 0 Å². The van der Waals surface area contributed by atoms with Crippen molar-refractivity contribution in [3.05, 3.63) is 12.3 Å². The molecule has 41 heteroatoms. The molecule has 0 aromatic rings. The molecular weight excluding hydrogens is 1430 g/mol. The van der Waals surface area contributed by atoms with Crippen LogP contribution in [-0.4, -0.2) is 394 Å². The fourth-order valence-electron chi connectivity index (χ4n) is 10.6. The van der Waals surface area contributed by atoms with E-state index in [-0.39, 0.29) is 203 Å². The van der Waals surface area contributed by atoms with Crippen LogP contribution in [0.3, 0.4) is 0 Å². The fourth-order valence-corrected chi connectivity index (χ4v) is 10.6. The summed E-state index contributed by atoms with van der Waals surface area (Å²) in [5.74, 6) is -3.83. The summed E-state index contributed by atoms with van der Waals surface area (Å²) < 4.78 is 88.8. The van der Waals surface area contributed by atoms with Crippen molar-refractivity contribution in [2.75, 3.05) is 198 Å². The molecule has 0 aromatic carbocycles. The molecule has 3 aliphatic rings. The van der Waals surface area contributed by atoms with Crippen molar-refractivity contribution < 1.29 is 160 Å². The van der Waals surface area contributed by atoms with Crippen LogP contribution >= 0.6 is 0 Å². The van der Waals surface area contributed by atoms with Gasteiger partial charge in [0.15, 0.2) is 18.9 Å². The summed E-state index contributed by atoms with van der Waals surface area (Å²) in [6.07, 6.45) is -13.1. The number of carbonyl (C=O) groups excluding carboxylic acids is 6. The monoisotopic (exact) mass is 1550 g/mol. The number of amides is 6. The lowest BCUT2D eigenvalue weighted by Crippen LogP contribution is -2.64. The van der Waals surface area contributed by atoms with E-state index in [1.165, 1.54) is 13.8 Å². The van der Waals surface area contributed by atoms with Crippen molar-refractivity contribution in [3.63, 3.8) is 0 Å². The molecule has 0 saturated carbocycles. The zero-order chi connectivity index (χ0) is 78.6. The molecule has 3 saturated heterocycles. The Morgan fingerprint density at radius 3 is 1.08 bits per heavy atom. The highest BCUT2D eigenvalue weighted by Crippen LogP contribution is 2.25. The van der Waals surface area contributed by atoms with E-state index < -0.39 is 159 Å². The van der Waals surface area contributed by atoms with Gasteiger partial charge in [0.1, 0.15) is 92.3 Å². The molecule has 17 atom stereocenters. The molecule has 3 rings (SSSR count). The molecule has 0 unspecified atom stereocenters. The number of unbranched alkanes of at least 4 members (excludes halogenated alkanes) is 2. The summed E-state index contributed by atoms with van der Waals surface area (Å²) in [7, 11) is 0. The first kappa shape index (κ1) is 96.0. The third-order valence-electron chi connectivity index (χ3n) is 16.1. The van der Waals surface area contributed by atoms with Crippen LogP contribution in [0.15, 0.2) is 12.3 Å². The molecule has 41 nitrogen and oxygen atoms in total. The second kappa shape index (κ2) is 58.7. The van der Waals surface area contributed by atoms with Gasteiger partial charge in [-0.3, -0.25) is 33.6 Å². The molecule has 0 spiro atoms. The smallest absolute Gasteiger partial charge is 0.305 e. The van der Waals surface area contributed by atoms with Crippen molar-refractivity contribution in [2.45, 2.75) is 170 Å². The number of hydrogen-bond acceptors (Lipinski definition) is 34. The van der Waals surface area contributed by atoms with Gasteiger partial charge in [0.05, 0.1) is 171 Å². The average molecular weight is 1550 g/mol. The molecule has 0 aromatic heterocycles. The molecule has 3 heterocycles. The molecule has 0 aliphatic carbocycles. The van der Waals surface area contributed by atoms with Gasteiger partial charge in [0.25, 0.3) is 0 Å². The predicted octanol–water partition coefficient (Wildman–Crippen LogP) is -8.37. The van der Waals surface area contributed by atoms with Gasteiger partial charge in [0.2, 0.25) is 35.4 Å². The number of allylic oxidation sites excluding steroid dienone is 1. The Labute approximate surface area is 622 Å². The van der Waals surface area contributed by atoms with E-state index in [1.807, 2.05) is 0 Å². The van der Waals surface area contributed by atoms with Crippen LogP contribution in [0.25, 0.3) is 0 Å². The molecule has 622 valence electrons. The van der Waals surface area contributed by atoms with E-state index in [1.54, 1.807) is 6.92 Å². The van der Waals surface area contributed by atoms with Crippen LogP contribution in [0.2, 0.25) is 0 Å². The SMILES string of the molecule is C=C(C)N[C@H]1[C@H](OCCOCCOCCOCC(=O)NCCCC[C@H](NC(=O)[C@H](CCCCNC(=O)COCCOCCOCCO[C@@H]2O[C@H](CO)[C@H](O)[C@H](O)[C@H]2NC(C)=O)NCCOCCOCCOCCO[C@@H]2O[C@H](CO)[C@H](O)[C@H](O)[C@H]2NC(C)=O)C(=O)NCCOCCC(=O)O)O[C@H](CO)[C@H](O)[C@@H]1O. The number of hydrogen-bond donors (Lipinski definition) is 18. The highest BCUT2D eigenvalue weighted by Gasteiger charge is 2.48. The molecular formula is C66H120N8O33. The zero-order valence-electron chi connectivity index (χ0n) is 61.5. The predicted molar refractivity (Wildman–Crippen MR) is 369 cm³/mol. The summed E-state index contributed by atoms with van der Waals surface area (Å²) in [6.45, 7) is 8.82. The zero-order valence-corrected chi connectivity index (χ0v) is 61.5. The third-order valence-corrected chi connectivity index (χ3v) is 16.1. The lowest BCUT2D eigenvalue weighted by molar-refractivity contribution is -0.272. The fraction of sp³-hybridized carbons (Fsp3) is 0.864. The van der Waals surface area contributed by atoms with Crippen LogP contribution in [0.5, 0.6) is 0 Å². The van der Waals surface area contributed by atoms with Crippen molar-refractivity contribution in [1.82, 2.24) is 42.5 Å². The van der Waals surface area contributed by atoms with E-state index in [0.717, 1.165) is 0 Å². The number of aliphatic hydroxyl groups is 9. The number of carboxylic acids is 1. The Morgan fingerprint density at radius 2 is 0.720 bits per heavy atom. The van der Waals surface area contributed by atoms with E-state index in [4.69, 9.17) is 80.9 Å². The Bertz CT molecular complexity index is 2440. The first-order valence-electron chi connectivity index (χ1n) is 36.1. The number of carbonyl (C=O) groups is 7. The lowest BCUT2D eigenvalue weighted by atomic mass is 9.97. The largest absolute Gasteiger partial charge is 0.481 e. The van der Waals surface area contributed by atoms with E-state index in [2.05, 4.69) is 49.1 Å². The van der Waals surface area contributed by atoms with Crippen LogP contribution in [0, 0.1) is 0 Å². The topological polar surface area (TPSA) is 566 Å². The van der Waals surface area contributed by atoms with Crippen LogP contribution < -0.4 is 42.5 Å². The molecule has 107 heavy (non-hydrogen) atoms. The third kappa shape index (κ3) is 41.6. The van der Waals surface area contributed by atoms with E-state index in [0.29, 0.717) is 31.4 Å². The number of rotatable bonds is 64. The first-order valence-corrected chi connectivity index (χ1v) is 36.1. The van der Waals surface area contributed by atoms with Gasteiger partial charge in [0, 0.05) is 45.7 Å². The number of ether oxygens (including phenoxy) is 16. The molecule has 3 fully saturated rings. The van der Waals surface area contributed by atoms with Crippen LogP contribution in [0.4, 0.5) is 0 Å². The highest BCUT2D eigenvalue weighted by atomic mass is 16.7. The van der Waals surface area contributed by atoms with Crippen molar-refractivity contribution in [1.29, 1.82) is 0 Å². The Kier molecular flexibility index (Phi) is 52.6. The minimum Gasteiger partial charge on any atom is -0.481 e.